The van der Waals surface area contributed by atoms with Crippen LogP contribution in [-0.2, 0) is 26.6 Å². The van der Waals surface area contributed by atoms with Gasteiger partial charge in [-0.2, -0.15) is 9.29 Å². The molecular formula is C26H33N5O7S. The number of oxazole rings is 1. The molecule has 1 atom stereocenters. The van der Waals surface area contributed by atoms with Crippen LogP contribution in [0, 0.1) is 5.92 Å². The minimum absolute atomic E-state index is 0.0113. The largest absolute Gasteiger partial charge is 0.419 e. The monoisotopic (exact) mass is 559 g/mol. The number of hydrogen-bond acceptors (Lipinski definition) is 9. The molecule has 5 heterocycles. The van der Waals surface area contributed by atoms with Gasteiger partial charge >= 0.3 is 5.76 Å². The molecule has 6 rings (SSSR count). The minimum atomic E-state index is -3.78. The standard InChI is InChI=1S/C26H33N5O7S/c1-29-21-5-4-20(15-22(21)37-26(29)33)39(34,35)31-11-6-18(7-12-31)25(32)30-10-2-3-19(16-30)24-27-23(28-38-24)17-8-13-36-14-9-17/h4-5,15,17-19H,2-3,6-14,16H2,1H3. The van der Waals surface area contributed by atoms with Gasteiger partial charge in [0.15, 0.2) is 11.4 Å². The molecule has 3 aliphatic rings. The van der Waals surface area contributed by atoms with Crippen LogP contribution in [0.15, 0.2) is 36.8 Å². The van der Waals surface area contributed by atoms with Crippen molar-refractivity contribution in [2.75, 3.05) is 39.4 Å². The van der Waals surface area contributed by atoms with Crippen molar-refractivity contribution < 1.29 is 26.9 Å². The minimum Gasteiger partial charge on any atom is -0.408 e. The highest BCUT2D eigenvalue weighted by atomic mass is 32.2. The lowest BCUT2D eigenvalue weighted by Gasteiger charge is -2.36. The molecular weight excluding hydrogens is 526 g/mol. The Morgan fingerprint density at radius 1 is 1.03 bits per heavy atom. The third-order valence-electron chi connectivity index (χ3n) is 8.33. The van der Waals surface area contributed by atoms with Crippen molar-refractivity contribution >= 4 is 27.0 Å². The van der Waals surface area contributed by atoms with Crippen LogP contribution < -0.4 is 5.76 Å². The Labute approximate surface area is 225 Å². The summed E-state index contributed by atoms with van der Waals surface area (Å²) in [4.78, 5) is 31.8. The summed E-state index contributed by atoms with van der Waals surface area (Å²) < 4.78 is 45.5. The van der Waals surface area contributed by atoms with Gasteiger partial charge in [0.05, 0.1) is 16.3 Å². The average molecular weight is 560 g/mol. The maximum absolute atomic E-state index is 13.4. The van der Waals surface area contributed by atoms with E-state index >= 15 is 0 Å². The molecule has 210 valence electrons. The van der Waals surface area contributed by atoms with Gasteiger partial charge in [-0.05, 0) is 50.7 Å². The Morgan fingerprint density at radius 3 is 2.56 bits per heavy atom. The summed E-state index contributed by atoms with van der Waals surface area (Å²) in [6.45, 7) is 3.14. The number of rotatable bonds is 5. The van der Waals surface area contributed by atoms with Gasteiger partial charge in [-0.1, -0.05) is 5.16 Å². The van der Waals surface area contributed by atoms with Crippen molar-refractivity contribution in [1.29, 1.82) is 0 Å². The van der Waals surface area contributed by atoms with Crippen molar-refractivity contribution in [3.63, 3.8) is 0 Å². The van der Waals surface area contributed by atoms with Gasteiger partial charge in [-0.3, -0.25) is 9.36 Å². The first kappa shape index (κ1) is 26.2. The Kier molecular flexibility index (Phi) is 7.06. The Morgan fingerprint density at radius 2 is 1.79 bits per heavy atom. The number of aromatic nitrogens is 3. The first-order valence-corrected chi connectivity index (χ1v) is 15.0. The van der Waals surface area contributed by atoms with E-state index in [9.17, 15) is 18.0 Å². The van der Waals surface area contributed by atoms with Crippen LogP contribution in [0.5, 0.6) is 0 Å². The summed E-state index contributed by atoms with van der Waals surface area (Å²) in [5.74, 6) is 0.890. The number of piperidine rings is 2. The van der Waals surface area contributed by atoms with E-state index in [1.807, 2.05) is 4.90 Å². The van der Waals surface area contributed by atoms with Gasteiger partial charge in [-0.15, -0.1) is 0 Å². The van der Waals surface area contributed by atoms with Gasteiger partial charge < -0.3 is 18.6 Å². The lowest BCUT2D eigenvalue weighted by molar-refractivity contribution is -0.138. The number of nitrogens with zero attached hydrogens (tertiary/aromatic N) is 5. The molecule has 13 heteroatoms. The first-order valence-electron chi connectivity index (χ1n) is 13.6. The van der Waals surface area contributed by atoms with Crippen LogP contribution in [0.2, 0.25) is 0 Å². The van der Waals surface area contributed by atoms with Gasteiger partial charge in [0.2, 0.25) is 21.8 Å². The first-order chi connectivity index (χ1) is 18.8. The third-order valence-corrected chi connectivity index (χ3v) is 10.2. The summed E-state index contributed by atoms with van der Waals surface area (Å²) in [7, 11) is -2.21. The molecule has 3 fully saturated rings. The zero-order valence-corrected chi connectivity index (χ0v) is 22.8. The third kappa shape index (κ3) is 5.03. The van der Waals surface area contributed by atoms with Crippen molar-refractivity contribution in [3.8, 4) is 0 Å². The van der Waals surface area contributed by atoms with E-state index in [1.165, 1.54) is 21.0 Å². The van der Waals surface area contributed by atoms with E-state index < -0.39 is 15.8 Å². The van der Waals surface area contributed by atoms with Crippen LogP contribution in [0.1, 0.15) is 62.1 Å². The summed E-state index contributed by atoms with van der Waals surface area (Å²) >= 11 is 0. The highest BCUT2D eigenvalue weighted by Crippen LogP contribution is 2.32. The van der Waals surface area contributed by atoms with Crippen molar-refractivity contribution in [2.24, 2.45) is 13.0 Å². The van der Waals surface area contributed by atoms with E-state index in [0.29, 0.717) is 50.6 Å². The highest BCUT2D eigenvalue weighted by molar-refractivity contribution is 7.89. The molecule has 39 heavy (non-hydrogen) atoms. The predicted molar refractivity (Wildman–Crippen MR) is 139 cm³/mol. The van der Waals surface area contributed by atoms with Crippen LogP contribution in [-0.4, -0.2) is 77.6 Å². The van der Waals surface area contributed by atoms with Gasteiger partial charge in [0, 0.05) is 64.3 Å². The number of carbonyl (C=O) groups excluding carboxylic acids is 1. The second-order valence-corrected chi connectivity index (χ2v) is 12.7. The van der Waals surface area contributed by atoms with Gasteiger partial charge in [0.1, 0.15) is 0 Å². The fourth-order valence-electron chi connectivity index (χ4n) is 5.94. The molecule has 3 aliphatic heterocycles. The van der Waals surface area contributed by atoms with Gasteiger partial charge in [-0.25, -0.2) is 13.2 Å². The van der Waals surface area contributed by atoms with Crippen LogP contribution in [0.4, 0.5) is 0 Å². The van der Waals surface area contributed by atoms with E-state index in [0.717, 1.165) is 31.5 Å². The quantitative estimate of drug-likeness (QED) is 0.460. The summed E-state index contributed by atoms with van der Waals surface area (Å²) in [6, 6.07) is 4.46. The number of carbonyl (C=O) groups is 1. The fourth-order valence-corrected chi connectivity index (χ4v) is 7.42. The lowest BCUT2D eigenvalue weighted by atomic mass is 9.92. The maximum Gasteiger partial charge on any atom is 0.419 e. The molecule has 1 amide bonds. The average Bonchev–Trinajstić information content (AvgIpc) is 3.58. The van der Waals surface area contributed by atoms with Gasteiger partial charge in [0.25, 0.3) is 0 Å². The van der Waals surface area contributed by atoms with Crippen LogP contribution in [0.3, 0.4) is 0 Å². The number of hydrogen-bond donors (Lipinski definition) is 0. The normalized spacial score (nSPS) is 22.5. The van der Waals surface area contributed by atoms with E-state index in [-0.39, 0.29) is 47.2 Å². The molecule has 3 saturated heterocycles. The molecule has 1 aromatic carbocycles. The van der Waals surface area contributed by atoms with Crippen molar-refractivity contribution in [3.05, 3.63) is 40.5 Å². The molecule has 0 bridgehead atoms. The maximum atomic E-state index is 13.4. The zero-order chi connectivity index (χ0) is 27.1. The Balaban J connectivity index is 1.07. The molecule has 0 spiro atoms. The Bertz CT molecular complexity index is 1510. The summed E-state index contributed by atoms with van der Waals surface area (Å²) in [5, 5.41) is 4.22. The molecule has 12 nitrogen and oxygen atoms in total. The Hall–Kier alpha value is -3.03. The number of likely N-dealkylation sites (tertiary alicyclic amines) is 1. The molecule has 0 aliphatic carbocycles. The lowest BCUT2D eigenvalue weighted by Crippen LogP contribution is -2.46. The number of amides is 1. The number of fused-ring (bicyclic) bond motifs is 1. The van der Waals surface area contributed by atoms with E-state index in [4.69, 9.17) is 13.7 Å². The topological polar surface area (TPSA) is 141 Å². The fraction of sp³-hybridized carbons (Fsp3) is 0.615. The number of aryl methyl sites for hydroxylation is 1. The van der Waals surface area contributed by atoms with Crippen LogP contribution in [0.25, 0.3) is 11.1 Å². The van der Waals surface area contributed by atoms with Crippen molar-refractivity contribution in [1.82, 2.24) is 23.9 Å². The zero-order valence-electron chi connectivity index (χ0n) is 22.0. The molecule has 1 unspecified atom stereocenters. The molecule has 0 radical (unpaired) electrons. The second-order valence-electron chi connectivity index (χ2n) is 10.7. The number of sulfonamides is 1. The smallest absolute Gasteiger partial charge is 0.408 e. The van der Waals surface area contributed by atoms with Crippen molar-refractivity contribution in [2.45, 2.75) is 55.3 Å². The molecule has 2 aromatic heterocycles. The molecule has 0 saturated carbocycles. The summed E-state index contributed by atoms with van der Waals surface area (Å²) in [6.07, 6.45) is 4.44. The number of benzene rings is 1. The molecule has 0 N–H and O–H groups in total. The van der Waals surface area contributed by atoms with Crippen LogP contribution >= 0.6 is 0 Å². The predicted octanol–water partition coefficient (Wildman–Crippen LogP) is 2.22. The second kappa shape index (κ2) is 10.5. The SMILES string of the molecule is Cn1c(=O)oc2cc(S(=O)(=O)N3CCC(C(=O)N4CCCC(c5nc(C6CCOCC6)no5)C4)CC3)ccc21. The highest BCUT2D eigenvalue weighted by Gasteiger charge is 2.37. The van der Waals surface area contributed by atoms with E-state index in [1.54, 1.807) is 13.1 Å². The van der Waals surface area contributed by atoms with E-state index in [2.05, 4.69) is 10.1 Å². The molecule has 3 aromatic rings. The summed E-state index contributed by atoms with van der Waals surface area (Å²) in [5.41, 5.74) is 0.762. The number of ether oxygens (including phenoxy) is 1.